The largest absolute Gasteiger partial charge is 0.330 e. The molecule has 0 unspecified atom stereocenters. The standard InChI is InChI=1S/C15H30N2/c16-11-5-12-17(13-10-14-8-9-14)15-6-3-1-2-4-7-15/h14-15H,1-13,16H2. The lowest BCUT2D eigenvalue weighted by molar-refractivity contribution is 0.172. The number of nitrogens with two attached hydrogens (primary N) is 1. The third-order valence-corrected chi connectivity index (χ3v) is 4.51. The molecule has 0 atom stereocenters. The smallest absolute Gasteiger partial charge is 0.00952 e. The van der Waals surface area contributed by atoms with Crippen molar-refractivity contribution < 1.29 is 0 Å². The van der Waals surface area contributed by atoms with E-state index in [2.05, 4.69) is 4.90 Å². The maximum atomic E-state index is 5.68. The highest BCUT2D eigenvalue weighted by Gasteiger charge is 2.24. The van der Waals surface area contributed by atoms with Gasteiger partial charge >= 0.3 is 0 Å². The maximum Gasteiger partial charge on any atom is 0.00952 e. The normalized spacial score (nSPS) is 22.9. The van der Waals surface area contributed by atoms with Crippen LogP contribution in [-0.4, -0.2) is 30.6 Å². The van der Waals surface area contributed by atoms with Crippen molar-refractivity contribution in [3.05, 3.63) is 0 Å². The molecule has 100 valence electrons. The van der Waals surface area contributed by atoms with E-state index in [-0.39, 0.29) is 0 Å². The highest BCUT2D eigenvalue weighted by Crippen LogP contribution is 2.33. The Hall–Kier alpha value is -0.0800. The van der Waals surface area contributed by atoms with Crippen LogP contribution in [0.15, 0.2) is 0 Å². The second kappa shape index (κ2) is 7.38. The van der Waals surface area contributed by atoms with E-state index in [1.807, 2.05) is 0 Å². The third kappa shape index (κ3) is 4.97. The molecule has 0 amide bonds. The van der Waals surface area contributed by atoms with E-state index in [0.29, 0.717) is 0 Å². The Balaban J connectivity index is 1.77. The molecule has 2 saturated carbocycles. The van der Waals surface area contributed by atoms with E-state index in [9.17, 15) is 0 Å². The van der Waals surface area contributed by atoms with Gasteiger partial charge in [-0.15, -0.1) is 0 Å². The van der Waals surface area contributed by atoms with Gasteiger partial charge in [0, 0.05) is 6.04 Å². The first-order valence-electron chi connectivity index (χ1n) is 7.84. The van der Waals surface area contributed by atoms with Crippen molar-refractivity contribution in [2.45, 2.75) is 70.3 Å². The Morgan fingerprint density at radius 1 is 0.882 bits per heavy atom. The average molecular weight is 238 g/mol. The molecule has 0 bridgehead atoms. The number of hydrogen-bond donors (Lipinski definition) is 1. The molecular weight excluding hydrogens is 208 g/mol. The minimum Gasteiger partial charge on any atom is -0.330 e. The van der Waals surface area contributed by atoms with E-state index in [1.54, 1.807) is 0 Å². The van der Waals surface area contributed by atoms with Gasteiger partial charge in [0.25, 0.3) is 0 Å². The number of hydrogen-bond acceptors (Lipinski definition) is 2. The summed E-state index contributed by atoms with van der Waals surface area (Å²) in [5, 5.41) is 0. The molecule has 2 heteroatoms. The molecule has 0 spiro atoms. The van der Waals surface area contributed by atoms with E-state index in [1.165, 1.54) is 77.3 Å². The van der Waals surface area contributed by atoms with E-state index < -0.39 is 0 Å². The molecule has 0 aliphatic heterocycles. The van der Waals surface area contributed by atoms with Crippen LogP contribution in [0, 0.1) is 5.92 Å². The number of rotatable bonds is 7. The molecule has 17 heavy (non-hydrogen) atoms. The minimum absolute atomic E-state index is 0.854. The van der Waals surface area contributed by atoms with Crippen LogP contribution in [0.2, 0.25) is 0 Å². The molecule has 2 aliphatic carbocycles. The van der Waals surface area contributed by atoms with Gasteiger partial charge in [-0.25, -0.2) is 0 Å². The van der Waals surface area contributed by atoms with Crippen molar-refractivity contribution in [1.29, 1.82) is 0 Å². The summed E-state index contributed by atoms with van der Waals surface area (Å²) in [5.74, 6) is 1.07. The molecule has 0 aromatic carbocycles. The van der Waals surface area contributed by atoms with Crippen LogP contribution < -0.4 is 5.73 Å². The van der Waals surface area contributed by atoms with E-state index in [4.69, 9.17) is 5.73 Å². The second-order valence-corrected chi connectivity index (χ2v) is 6.06. The van der Waals surface area contributed by atoms with Crippen molar-refractivity contribution in [3.63, 3.8) is 0 Å². The third-order valence-electron chi connectivity index (χ3n) is 4.51. The lowest BCUT2D eigenvalue weighted by Crippen LogP contribution is -2.37. The van der Waals surface area contributed by atoms with Crippen LogP contribution in [0.4, 0.5) is 0 Å². The number of nitrogens with zero attached hydrogens (tertiary/aromatic N) is 1. The fraction of sp³-hybridized carbons (Fsp3) is 1.00. The first-order chi connectivity index (χ1) is 8.40. The van der Waals surface area contributed by atoms with Gasteiger partial charge in [0.1, 0.15) is 0 Å². The van der Waals surface area contributed by atoms with Crippen molar-refractivity contribution in [1.82, 2.24) is 4.90 Å². The summed E-state index contributed by atoms with van der Waals surface area (Å²) in [5.41, 5.74) is 5.68. The van der Waals surface area contributed by atoms with Crippen molar-refractivity contribution in [2.75, 3.05) is 19.6 Å². The van der Waals surface area contributed by atoms with Gasteiger partial charge in [0.05, 0.1) is 0 Å². The van der Waals surface area contributed by atoms with Crippen LogP contribution in [-0.2, 0) is 0 Å². The van der Waals surface area contributed by atoms with Gasteiger partial charge in [-0.1, -0.05) is 38.5 Å². The molecular formula is C15H30N2. The zero-order valence-corrected chi connectivity index (χ0v) is 11.4. The highest BCUT2D eigenvalue weighted by molar-refractivity contribution is 4.79. The van der Waals surface area contributed by atoms with Crippen LogP contribution >= 0.6 is 0 Å². The summed E-state index contributed by atoms with van der Waals surface area (Å²) in [6.07, 6.45) is 14.3. The summed E-state index contributed by atoms with van der Waals surface area (Å²) < 4.78 is 0. The van der Waals surface area contributed by atoms with Gasteiger partial charge in [-0.3, -0.25) is 0 Å². The van der Waals surface area contributed by atoms with Crippen molar-refractivity contribution in [3.8, 4) is 0 Å². The molecule has 0 heterocycles. The molecule has 2 nitrogen and oxygen atoms in total. The summed E-state index contributed by atoms with van der Waals surface area (Å²) in [6.45, 7) is 3.44. The SMILES string of the molecule is NCCCN(CCC1CC1)C1CCCCCC1. The lowest BCUT2D eigenvalue weighted by atomic mass is 10.1. The quantitative estimate of drug-likeness (QED) is 0.690. The molecule has 2 rings (SSSR count). The van der Waals surface area contributed by atoms with Gasteiger partial charge in [0.2, 0.25) is 0 Å². The average Bonchev–Trinajstić information content (AvgIpc) is 3.16. The molecule has 0 saturated heterocycles. The van der Waals surface area contributed by atoms with Crippen LogP contribution in [0.1, 0.15) is 64.2 Å². The Kier molecular flexibility index (Phi) is 5.79. The Labute approximate surface area is 107 Å². The van der Waals surface area contributed by atoms with Gasteiger partial charge in [-0.2, -0.15) is 0 Å². The van der Waals surface area contributed by atoms with Gasteiger partial charge in [-0.05, 0) is 51.2 Å². The fourth-order valence-corrected chi connectivity index (χ4v) is 3.15. The summed E-state index contributed by atoms with van der Waals surface area (Å²) in [4.78, 5) is 2.77. The lowest BCUT2D eigenvalue weighted by Gasteiger charge is -2.31. The monoisotopic (exact) mass is 238 g/mol. The maximum absolute atomic E-state index is 5.68. The van der Waals surface area contributed by atoms with Crippen LogP contribution in [0.3, 0.4) is 0 Å². The highest BCUT2D eigenvalue weighted by atomic mass is 15.1. The van der Waals surface area contributed by atoms with Crippen LogP contribution in [0.5, 0.6) is 0 Å². The van der Waals surface area contributed by atoms with Crippen molar-refractivity contribution in [2.24, 2.45) is 11.7 Å². The molecule has 2 N–H and O–H groups in total. The Bertz CT molecular complexity index is 193. The minimum atomic E-state index is 0.854. The van der Waals surface area contributed by atoms with Crippen LogP contribution in [0.25, 0.3) is 0 Å². The molecule has 2 aliphatic rings. The van der Waals surface area contributed by atoms with Crippen molar-refractivity contribution >= 4 is 0 Å². The first kappa shape index (κ1) is 13.4. The van der Waals surface area contributed by atoms with E-state index in [0.717, 1.165) is 18.5 Å². The fourth-order valence-electron chi connectivity index (χ4n) is 3.15. The van der Waals surface area contributed by atoms with Gasteiger partial charge in [0.15, 0.2) is 0 Å². The Morgan fingerprint density at radius 2 is 1.59 bits per heavy atom. The molecule has 2 fully saturated rings. The zero-order chi connectivity index (χ0) is 11.9. The molecule has 0 aromatic heterocycles. The predicted octanol–water partition coefficient (Wildman–Crippen LogP) is 3.16. The zero-order valence-electron chi connectivity index (χ0n) is 11.4. The summed E-state index contributed by atoms with van der Waals surface area (Å²) in [6, 6.07) is 0.878. The Morgan fingerprint density at radius 3 is 2.18 bits per heavy atom. The van der Waals surface area contributed by atoms with Gasteiger partial charge < -0.3 is 10.6 Å². The molecule has 0 radical (unpaired) electrons. The summed E-state index contributed by atoms with van der Waals surface area (Å²) in [7, 11) is 0. The first-order valence-corrected chi connectivity index (χ1v) is 7.84. The topological polar surface area (TPSA) is 29.3 Å². The summed E-state index contributed by atoms with van der Waals surface area (Å²) >= 11 is 0. The van der Waals surface area contributed by atoms with E-state index >= 15 is 0 Å². The predicted molar refractivity (Wildman–Crippen MR) is 74.1 cm³/mol. The second-order valence-electron chi connectivity index (χ2n) is 6.06. The molecule has 0 aromatic rings.